The van der Waals surface area contributed by atoms with Gasteiger partial charge in [-0.3, -0.25) is 5.10 Å². The quantitative estimate of drug-likeness (QED) is 0.441. The van der Waals surface area contributed by atoms with Crippen LogP contribution in [0.1, 0.15) is 48.2 Å². The molecule has 0 amide bonds. The Morgan fingerprint density at radius 2 is 1.69 bits per heavy atom. The molecule has 1 N–H and O–H groups in total. The number of hydrogen-bond donors (Lipinski definition) is 1. The number of nitrogens with zero attached hydrogens (tertiary/aromatic N) is 3. The van der Waals surface area contributed by atoms with Gasteiger partial charge in [0.1, 0.15) is 12.4 Å². The monoisotopic (exact) mass is 500 g/mol. The summed E-state index contributed by atoms with van der Waals surface area (Å²) in [5.41, 5.74) is -2.35. The molecule has 0 aliphatic carbocycles. The summed E-state index contributed by atoms with van der Waals surface area (Å²) in [7, 11) is 0. The van der Waals surface area contributed by atoms with Gasteiger partial charge in [-0.25, -0.2) is 4.98 Å². The van der Waals surface area contributed by atoms with Crippen molar-refractivity contribution in [3.05, 3.63) is 77.1 Å². The summed E-state index contributed by atoms with van der Waals surface area (Å²) in [6, 6.07) is 9.81. The van der Waals surface area contributed by atoms with Crippen LogP contribution < -0.4 is 4.90 Å². The van der Waals surface area contributed by atoms with Crippen molar-refractivity contribution in [1.29, 1.82) is 0 Å². The van der Waals surface area contributed by atoms with E-state index in [0.717, 1.165) is 5.56 Å². The molecular weight excluding hydrogens is 478 g/mol. The van der Waals surface area contributed by atoms with Gasteiger partial charge in [-0.15, -0.1) is 5.10 Å². The fraction of sp³-hybridized carbons (Fsp3) is 0.391. The Bertz CT molecular complexity index is 1100. The van der Waals surface area contributed by atoms with E-state index in [4.69, 9.17) is 9.47 Å². The van der Waals surface area contributed by atoms with Crippen molar-refractivity contribution in [2.45, 2.75) is 44.1 Å². The van der Waals surface area contributed by atoms with Crippen LogP contribution in [0.25, 0.3) is 0 Å². The third kappa shape index (κ3) is 5.27. The number of halogens is 6. The van der Waals surface area contributed by atoms with E-state index in [1.807, 2.05) is 23.1 Å². The Kier molecular flexibility index (Phi) is 6.54. The number of aromatic amines is 1. The van der Waals surface area contributed by atoms with Gasteiger partial charge in [-0.2, -0.15) is 26.3 Å². The van der Waals surface area contributed by atoms with Gasteiger partial charge in [-0.05, 0) is 43.2 Å². The number of H-pyrrole nitrogens is 1. The van der Waals surface area contributed by atoms with Crippen LogP contribution >= 0.6 is 0 Å². The molecule has 1 aromatic heterocycles. The number of aromatic nitrogens is 3. The number of rotatable bonds is 5. The van der Waals surface area contributed by atoms with Crippen molar-refractivity contribution in [2.24, 2.45) is 0 Å². The molecule has 0 saturated carbocycles. The summed E-state index contributed by atoms with van der Waals surface area (Å²) >= 11 is 0. The van der Waals surface area contributed by atoms with Crippen LogP contribution in [0.5, 0.6) is 0 Å². The van der Waals surface area contributed by atoms with Crippen LogP contribution in [-0.2, 0) is 21.8 Å². The predicted molar refractivity (Wildman–Crippen MR) is 113 cm³/mol. The van der Waals surface area contributed by atoms with E-state index in [-0.39, 0.29) is 18.2 Å². The molecule has 0 spiro atoms. The second kappa shape index (κ2) is 9.15. The molecule has 1 fully saturated rings. The van der Waals surface area contributed by atoms with E-state index in [9.17, 15) is 26.3 Å². The fourth-order valence-corrected chi connectivity index (χ4v) is 4.24. The second-order valence-electron chi connectivity index (χ2n) is 8.27. The Morgan fingerprint density at radius 1 is 1.06 bits per heavy atom. The molecule has 0 radical (unpaired) electrons. The minimum Gasteiger partial charge on any atom is -0.346 e. The molecule has 2 aromatic carbocycles. The van der Waals surface area contributed by atoms with Crippen molar-refractivity contribution >= 4 is 5.95 Å². The van der Waals surface area contributed by atoms with Gasteiger partial charge in [-0.1, -0.05) is 30.3 Å². The van der Waals surface area contributed by atoms with E-state index in [2.05, 4.69) is 15.2 Å². The molecule has 0 unspecified atom stereocenters. The van der Waals surface area contributed by atoms with Crippen LogP contribution in [0.4, 0.5) is 32.3 Å². The molecule has 1 aliphatic rings. The lowest BCUT2D eigenvalue weighted by molar-refractivity contribution is -0.271. The van der Waals surface area contributed by atoms with E-state index < -0.39 is 41.4 Å². The largest absolute Gasteiger partial charge is 0.416 e. The highest BCUT2D eigenvalue weighted by Crippen LogP contribution is 2.44. The minimum atomic E-state index is -4.96. The number of hydrogen-bond acceptors (Lipinski definition) is 5. The standard InChI is InChI=1S/C23H22F6N4O2/c1-14(16-10-17(22(24,25)26)12-18(11-16)23(27,28)29)35-21(2)19(15-6-4-3-5-7-15)33(8-9-34-21)20-30-13-31-32-20/h3-7,10-14,19H,8-9H2,1-2H3,(H,30,31,32)/t14-,19+,21-/m1/s1. The number of nitrogens with one attached hydrogen (secondary N) is 1. The number of alkyl halides is 6. The molecule has 0 bridgehead atoms. The molecule has 2 heterocycles. The van der Waals surface area contributed by atoms with Gasteiger partial charge >= 0.3 is 12.4 Å². The SMILES string of the molecule is C[C@@H](O[C@@]1(C)OCCN(c2nc[nH]n2)[C@H]1c1ccccc1)c1cc(C(F)(F)F)cc(C(F)(F)F)c1. The summed E-state index contributed by atoms with van der Waals surface area (Å²) in [5, 5.41) is 6.76. The third-order valence-corrected chi connectivity index (χ3v) is 5.79. The first-order chi connectivity index (χ1) is 16.4. The number of anilines is 1. The van der Waals surface area contributed by atoms with E-state index >= 15 is 0 Å². The second-order valence-corrected chi connectivity index (χ2v) is 8.27. The van der Waals surface area contributed by atoms with Crippen LogP contribution in [0.15, 0.2) is 54.9 Å². The van der Waals surface area contributed by atoms with Crippen molar-refractivity contribution in [2.75, 3.05) is 18.1 Å². The Morgan fingerprint density at radius 3 is 2.23 bits per heavy atom. The maximum atomic E-state index is 13.4. The Hall–Kier alpha value is -3.12. The maximum absolute atomic E-state index is 13.4. The summed E-state index contributed by atoms with van der Waals surface area (Å²) < 4.78 is 92.3. The topological polar surface area (TPSA) is 63.3 Å². The lowest BCUT2D eigenvalue weighted by atomic mass is 9.95. The first-order valence-corrected chi connectivity index (χ1v) is 10.7. The molecule has 4 rings (SSSR count). The highest BCUT2D eigenvalue weighted by atomic mass is 19.4. The first-order valence-electron chi connectivity index (χ1n) is 10.7. The highest BCUT2D eigenvalue weighted by molar-refractivity contribution is 5.39. The van der Waals surface area contributed by atoms with Gasteiger partial charge in [0, 0.05) is 6.54 Å². The highest BCUT2D eigenvalue weighted by Gasteiger charge is 2.47. The Balaban J connectivity index is 1.73. The zero-order valence-corrected chi connectivity index (χ0v) is 18.7. The summed E-state index contributed by atoms with van der Waals surface area (Å²) in [4.78, 5) is 6.01. The molecule has 1 aliphatic heterocycles. The third-order valence-electron chi connectivity index (χ3n) is 5.79. The fourth-order valence-electron chi connectivity index (χ4n) is 4.24. The number of benzene rings is 2. The van der Waals surface area contributed by atoms with E-state index in [1.54, 1.807) is 19.1 Å². The van der Waals surface area contributed by atoms with Gasteiger partial charge < -0.3 is 14.4 Å². The molecule has 6 nitrogen and oxygen atoms in total. The average Bonchev–Trinajstić information content (AvgIpc) is 3.32. The summed E-state index contributed by atoms with van der Waals surface area (Å²) in [6.45, 7) is 3.53. The molecule has 3 atom stereocenters. The van der Waals surface area contributed by atoms with Crippen LogP contribution in [-0.4, -0.2) is 34.1 Å². The summed E-state index contributed by atoms with van der Waals surface area (Å²) in [6.07, 6.45) is -9.71. The molecule has 35 heavy (non-hydrogen) atoms. The zero-order chi connectivity index (χ0) is 25.4. The van der Waals surface area contributed by atoms with Crippen molar-refractivity contribution < 1.29 is 35.8 Å². The van der Waals surface area contributed by atoms with Crippen molar-refractivity contribution in [1.82, 2.24) is 15.2 Å². The Labute approximate surface area is 196 Å². The molecule has 188 valence electrons. The molecule has 1 saturated heterocycles. The molecular formula is C23H22F6N4O2. The zero-order valence-electron chi connectivity index (χ0n) is 18.7. The van der Waals surface area contributed by atoms with E-state index in [1.165, 1.54) is 13.3 Å². The van der Waals surface area contributed by atoms with E-state index in [0.29, 0.717) is 24.6 Å². The minimum absolute atomic E-state index is 0.0901. The molecule has 3 aromatic rings. The first kappa shape index (κ1) is 25.0. The molecule has 12 heteroatoms. The number of ether oxygens (including phenoxy) is 2. The maximum Gasteiger partial charge on any atom is 0.416 e. The summed E-state index contributed by atoms with van der Waals surface area (Å²) in [5.74, 6) is -1.12. The van der Waals surface area contributed by atoms with Gasteiger partial charge in [0.25, 0.3) is 0 Å². The lowest BCUT2D eigenvalue weighted by Crippen LogP contribution is -2.54. The lowest BCUT2D eigenvalue weighted by Gasteiger charge is -2.48. The van der Waals surface area contributed by atoms with Gasteiger partial charge in [0.15, 0.2) is 5.79 Å². The van der Waals surface area contributed by atoms with Crippen molar-refractivity contribution in [3.8, 4) is 0 Å². The number of morpholine rings is 1. The smallest absolute Gasteiger partial charge is 0.346 e. The van der Waals surface area contributed by atoms with Crippen LogP contribution in [0.2, 0.25) is 0 Å². The normalized spacial score (nSPS) is 22.3. The van der Waals surface area contributed by atoms with Gasteiger partial charge in [0.2, 0.25) is 5.95 Å². The van der Waals surface area contributed by atoms with Gasteiger partial charge in [0.05, 0.1) is 23.8 Å². The van der Waals surface area contributed by atoms with Crippen LogP contribution in [0, 0.1) is 0 Å². The van der Waals surface area contributed by atoms with Crippen LogP contribution in [0.3, 0.4) is 0 Å². The van der Waals surface area contributed by atoms with Crippen molar-refractivity contribution in [3.63, 3.8) is 0 Å². The average molecular weight is 500 g/mol. The predicted octanol–water partition coefficient (Wildman–Crippen LogP) is 5.91.